The van der Waals surface area contributed by atoms with E-state index >= 15 is 0 Å². The molecule has 0 aliphatic carbocycles. The van der Waals surface area contributed by atoms with Crippen molar-refractivity contribution in [3.8, 4) is 11.3 Å². The van der Waals surface area contributed by atoms with Crippen LogP contribution < -0.4 is 5.32 Å². The van der Waals surface area contributed by atoms with Crippen molar-refractivity contribution < 1.29 is 4.52 Å². The minimum absolute atomic E-state index is 0.306. The SMILES string of the molecule is Cc1c(-c2cc(CNC(C)(C)c3nnc4n3CCCC4)on2)cnn1C. The van der Waals surface area contributed by atoms with Crippen LogP contribution in [0.2, 0.25) is 0 Å². The molecule has 26 heavy (non-hydrogen) atoms. The Morgan fingerprint density at radius 3 is 2.88 bits per heavy atom. The average Bonchev–Trinajstić information content (AvgIpc) is 3.33. The van der Waals surface area contributed by atoms with Gasteiger partial charge in [-0.3, -0.25) is 10.00 Å². The Bertz CT molecular complexity index is 918. The van der Waals surface area contributed by atoms with Crippen LogP contribution in [-0.2, 0) is 32.1 Å². The maximum Gasteiger partial charge on any atom is 0.152 e. The highest BCUT2D eigenvalue weighted by molar-refractivity contribution is 5.60. The van der Waals surface area contributed by atoms with E-state index in [-0.39, 0.29) is 5.54 Å². The van der Waals surface area contributed by atoms with Gasteiger partial charge in [0.25, 0.3) is 0 Å². The number of fused-ring (bicyclic) bond motifs is 1. The molecule has 4 heterocycles. The van der Waals surface area contributed by atoms with Crippen LogP contribution in [0.4, 0.5) is 0 Å². The number of hydrogen-bond acceptors (Lipinski definition) is 6. The van der Waals surface area contributed by atoms with E-state index < -0.39 is 0 Å². The summed E-state index contributed by atoms with van der Waals surface area (Å²) in [6.07, 6.45) is 5.21. The van der Waals surface area contributed by atoms with Gasteiger partial charge in [-0.2, -0.15) is 5.10 Å². The van der Waals surface area contributed by atoms with Crippen molar-refractivity contribution in [1.82, 2.24) is 35.0 Å². The van der Waals surface area contributed by atoms with Gasteiger partial charge in [-0.05, 0) is 33.6 Å². The molecule has 0 saturated carbocycles. The Morgan fingerprint density at radius 2 is 2.12 bits per heavy atom. The van der Waals surface area contributed by atoms with Crippen molar-refractivity contribution in [1.29, 1.82) is 0 Å². The minimum atomic E-state index is -0.306. The zero-order chi connectivity index (χ0) is 18.3. The minimum Gasteiger partial charge on any atom is -0.359 e. The molecule has 0 atom stereocenters. The number of hydrogen-bond donors (Lipinski definition) is 1. The van der Waals surface area contributed by atoms with Gasteiger partial charge >= 0.3 is 0 Å². The van der Waals surface area contributed by atoms with Gasteiger partial charge in [0, 0.05) is 37.3 Å². The number of nitrogens with zero attached hydrogens (tertiary/aromatic N) is 6. The van der Waals surface area contributed by atoms with Crippen LogP contribution in [0, 0.1) is 6.92 Å². The topological polar surface area (TPSA) is 86.6 Å². The number of aromatic nitrogens is 6. The molecule has 0 fully saturated rings. The first-order valence-corrected chi connectivity index (χ1v) is 9.08. The first-order valence-electron chi connectivity index (χ1n) is 9.08. The second-order valence-corrected chi connectivity index (χ2v) is 7.47. The summed E-state index contributed by atoms with van der Waals surface area (Å²) in [4.78, 5) is 0. The van der Waals surface area contributed by atoms with E-state index in [1.807, 2.05) is 30.9 Å². The van der Waals surface area contributed by atoms with Crippen molar-refractivity contribution >= 4 is 0 Å². The summed E-state index contributed by atoms with van der Waals surface area (Å²) in [7, 11) is 1.92. The molecule has 0 saturated heterocycles. The average molecular weight is 355 g/mol. The van der Waals surface area contributed by atoms with Gasteiger partial charge < -0.3 is 9.09 Å². The number of aryl methyl sites for hydroxylation is 2. The molecule has 1 aliphatic rings. The highest BCUT2D eigenvalue weighted by Gasteiger charge is 2.29. The highest BCUT2D eigenvalue weighted by Crippen LogP contribution is 2.25. The largest absolute Gasteiger partial charge is 0.359 e. The predicted molar refractivity (Wildman–Crippen MR) is 96.3 cm³/mol. The quantitative estimate of drug-likeness (QED) is 0.756. The fraction of sp³-hybridized carbons (Fsp3) is 0.556. The van der Waals surface area contributed by atoms with E-state index in [4.69, 9.17) is 4.52 Å². The van der Waals surface area contributed by atoms with Crippen LogP contribution in [0.15, 0.2) is 16.8 Å². The predicted octanol–water partition coefficient (Wildman–Crippen LogP) is 2.34. The van der Waals surface area contributed by atoms with Gasteiger partial charge in [0.05, 0.1) is 18.3 Å². The van der Waals surface area contributed by atoms with E-state index in [9.17, 15) is 0 Å². The van der Waals surface area contributed by atoms with E-state index in [0.29, 0.717) is 6.54 Å². The van der Waals surface area contributed by atoms with Crippen LogP contribution in [0.3, 0.4) is 0 Å². The molecule has 1 N–H and O–H groups in total. The summed E-state index contributed by atoms with van der Waals surface area (Å²) in [6.45, 7) is 7.84. The van der Waals surface area contributed by atoms with E-state index in [2.05, 4.69) is 44.2 Å². The zero-order valence-electron chi connectivity index (χ0n) is 15.8. The van der Waals surface area contributed by atoms with Crippen molar-refractivity contribution in [2.45, 2.75) is 58.7 Å². The normalized spacial score (nSPS) is 14.6. The van der Waals surface area contributed by atoms with Crippen LogP contribution in [0.1, 0.15) is 49.8 Å². The third-order valence-electron chi connectivity index (χ3n) is 5.19. The summed E-state index contributed by atoms with van der Waals surface area (Å²) in [5.74, 6) is 2.86. The van der Waals surface area contributed by atoms with Crippen LogP contribution in [0.5, 0.6) is 0 Å². The second-order valence-electron chi connectivity index (χ2n) is 7.47. The van der Waals surface area contributed by atoms with Gasteiger partial charge in [-0.15, -0.1) is 10.2 Å². The third-order valence-corrected chi connectivity index (χ3v) is 5.19. The van der Waals surface area contributed by atoms with Crippen molar-refractivity contribution in [2.24, 2.45) is 7.05 Å². The number of nitrogens with one attached hydrogen (secondary N) is 1. The molecule has 0 unspecified atom stereocenters. The lowest BCUT2D eigenvalue weighted by atomic mass is 10.0. The van der Waals surface area contributed by atoms with Crippen LogP contribution in [-0.4, -0.2) is 29.7 Å². The lowest BCUT2D eigenvalue weighted by Crippen LogP contribution is -2.39. The molecule has 3 aromatic rings. The Hall–Kier alpha value is -2.48. The maximum atomic E-state index is 5.52. The molecule has 8 nitrogen and oxygen atoms in total. The summed E-state index contributed by atoms with van der Waals surface area (Å²) in [6, 6.07) is 1.96. The molecule has 8 heteroatoms. The van der Waals surface area contributed by atoms with Gasteiger partial charge in [0.15, 0.2) is 11.6 Å². The molecule has 4 rings (SSSR count). The van der Waals surface area contributed by atoms with E-state index in [1.54, 1.807) is 0 Å². The summed E-state index contributed by atoms with van der Waals surface area (Å²) in [5, 5.41) is 20.8. The Kier molecular flexibility index (Phi) is 4.14. The fourth-order valence-corrected chi connectivity index (χ4v) is 3.43. The Labute approximate surface area is 152 Å². The zero-order valence-corrected chi connectivity index (χ0v) is 15.8. The molecule has 3 aromatic heterocycles. The summed E-state index contributed by atoms with van der Waals surface area (Å²) in [5.41, 5.74) is 2.56. The first-order chi connectivity index (χ1) is 12.5. The first kappa shape index (κ1) is 17.0. The summed E-state index contributed by atoms with van der Waals surface area (Å²) < 4.78 is 9.60. The Morgan fingerprint density at radius 1 is 1.27 bits per heavy atom. The molecule has 0 aromatic carbocycles. The van der Waals surface area contributed by atoms with E-state index in [1.165, 1.54) is 12.8 Å². The van der Waals surface area contributed by atoms with Gasteiger partial charge in [0.2, 0.25) is 0 Å². The molecule has 1 aliphatic heterocycles. The van der Waals surface area contributed by atoms with Crippen molar-refractivity contribution in [2.75, 3.05) is 0 Å². The van der Waals surface area contributed by atoms with Crippen LogP contribution in [0.25, 0.3) is 11.3 Å². The second kappa shape index (κ2) is 6.35. The molecular formula is C18H25N7O. The number of rotatable bonds is 5. The van der Waals surface area contributed by atoms with E-state index in [0.717, 1.165) is 47.3 Å². The maximum absolute atomic E-state index is 5.52. The molecule has 0 bridgehead atoms. The lowest BCUT2D eigenvalue weighted by molar-refractivity contribution is 0.314. The Balaban J connectivity index is 1.49. The molecule has 0 amide bonds. The van der Waals surface area contributed by atoms with Crippen molar-refractivity contribution in [3.63, 3.8) is 0 Å². The monoisotopic (exact) mass is 355 g/mol. The van der Waals surface area contributed by atoms with Gasteiger partial charge in [-0.1, -0.05) is 5.16 Å². The fourth-order valence-electron chi connectivity index (χ4n) is 3.43. The smallest absolute Gasteiger partial charge is 0.152 e. The standard InChI is InChI=1S/C18H25N7O/c1-12-14(11-20-24(12)4)15-9-13(26-23-15)10-19-18(2,3)17-22-21-16-7-5-6-8-25(16)17/h9,11,19H,5-8,10H2,1-4H3. The van der Waals surface area contributed by atoms with Gasteiger partial charge in [-0.25, -0.2) is 0 Å². The molecule has 0 spiro atoms. The lowest BCUT2D eigenvalue weighted by Gasteiger charge is -2.27. The van der Waals surface area contributed by atoms with Crippen LogP contribution >= 0.6 is 0 Å². The third kappa shape index (κ3) is 2.94. The molecule has 138 valence electrons. The molecule has 0 radical (unpaired) electrons. The highest BCUT2D eigenvalue weighted by atomic mass is 16.5. The van der Waals surface area contributed by atoms with Crippen molar-refractivity contribution in [3.05, 3.63) is 35.4 Å². The van der Waals surface area contributed by atoms with Gasteiger partial charge in [0.1, 0.15) is 11.5 Å². The summed E-state index contributed by atoms with van der Waals surface area (Å²) >= 11 is 0. The molecular weight excluding hydrogens is 330 g/mol.